The smallest absolute Gasteiger partial charge is 0.148 e. The third-order valence-corrected chi connectivity index (χ3v) is 2.25. The molecule has 0 N–H and O–H groups in total. The first kappa shape index (κ1) is 4.97. The SMILES string of the molecule is [2H]C([2H])([2H])n1ncc2c(F)c(Br)ccc21. The van der Waals surface area contributed by atoms with Crippen molar-refractivity contribution >= 4 is 26.8 Å². The second kappa shape index (κ2) is 2.55. The molecule has 0 aliphatic carbocycles. The van der Waals surface area contributed by atoms with Crippen molar-refractivity contribution in [3.63, 3.8) is 0 Å². The number of aryl methyl sites for hydroxylation is 1. The van der Waals surface area contributed by atoms with Gasteiger partial charge in [-0.3, -0.25) is 4.68 Å². The maximum Gasteiger partial charge on any atom is 0.148 e. The van der Waals surface area contributed by atoms with Gasteiger partial charge in [0, 0.05) is 11.1 Å². The molecular formula is C8H6BrFN2. The van der Waals surface area contributed by atoms with Crippen LogP contribution in [-0.2, 0) is 6.98 Å². The van der Waals surface area contributed by atoms with Gasteiger partial charge in [-0.2, -0.15) is 5.10 Å². The lowest BCUT2D eigenvalue weighted by molar-refractivity contribution is 0.633. The fourth-order valence-electron chi connectivity index (χ4n) is 1.04. The number of fused-ring (bicyclic) bond motifs is 1. The third kappa shape index (κ3) is 0.948. The fraction of sp³-hybridized carbons (Fsp3) is 0.125. The van der Waals surface area contributed by atoms with E-state index in [4.69, 9.17) is 4.11 Å². The Balaban J connectivity index is 2.78. The lowest BCUT2D eigenvalue weighted by Gasteiger charge is -1.96. The number of nitrogens with zero attached hydrogens (tertiary/aromatic N) is 2. The van der Waals surface area contributed by atoms with Gasteiger partial charge < -0.3 is 0 Å². The summed E-state index contributed by atoms with van der Waals surface area (Å²) >= 11 is 3.02. The van der Waals surface area contributed by atoms with Crippen LogP contribution in [0.25, 0.3) is 10.9 Å². The van der Waals surface area contributed by atoms with Crippen LogP contribution in [0.2, 0.25) is 0 Å². The number of rotatable bonds is 0. The van der Waals surface area contributed by atoms with Gasteiger partial charge in [0.05, 0.1) is 21.6 Å². The van der Waals surface area contributed by atoms with Crippen LogP contribution in [-0.4, -0.2) is 9.78 Å². The zero-order valence-electron chi connectivity index (χ0n) is 8.88. The summed E-state index contributed by atoms with van der Waals surface area (Å²) in [5, 5.41) is 3.86. The molecule has 12 heavy (non-hydrogen) atoms. The van der Waals surface area contributed by atoms with E-state index in [-0.39, 0.29) is 10.9 Å². The van der Waals surface area contributed by atoms with Crippen LogP contribution in [0.4, 0.5) is 4.39 Å². The number of benzene rings is 1. The van der Waals surface area contributed by atoms with E-state index < -0.39 is 12.8 Å². The minimum absolute atomic E-state index is 0.195. The molecule has 0 radical (unpaired) electrons. The van der Waals surface area contributed by atoms with Gasteiger partial charge >= 0.3 is 0 Å². The quantitative estimate of drug-likeness (QED) is 0.682. The van der Waals surface area contributed by atoms with Crippen molar-refractivity contribution in [2.75, 3.05) is 0 Å². The summed E-state index contributed by atoms with van der Waals surface area (Å²) < 4.78 is 36.2. The summed E-state index contributed by atoms with van der Waals surface area (Å²) in [5.41, 5.74) is 0.260. The van der Waals surface area contributed by atoms with Crippen molar-refractivity contribution in [3.8, 4) is 0 Å². The minimum Gasteiger partial charge on any atom is -0.268 e. The van der Waals surface area contributed by atoms with E-state index in [9.17, 15) is 4.39 Å². The first-order chi connectivity index (χ1) is 6.91. The van der Waals surface area contributed by atoms with E-state index in [1.807, 2.05) is 0 Å². The topological polar surface area (TPSA) is 17.8 Å². The summed E-state index contributed by atoms with van der Waals surface area (Å²) in [6.45, 7) is -2.39. The normalized spacial score (nSPS) is 15.7. The number of halogens is 2. The van der Waals surface area contributed by atoms with Crippen LogP contribution in [0.5, 0.6) is 0 Å². The van der Waals surface area contributed by atoms with Crippen LogP contribution in [0.15, 0.2) is 22.8 Å². The number of hydrogen-bond donors (Lipinski definition) is 0. The van der Waals surface area contributed by atoms with Gasteiger partial charge in [0.15, 0.2) is 0 Å². The van der Waals surface area contributed by atoms with Crippen LogP contribution in [0.3, 0.4) is 0 Å². The molecule has 0 spiro atoms. The van der Waals surface area contributed by atoms with Crippen molar-refractivity contribution in [2.24, 2.45) is 6.98 Å². The Morgan fingerprint density at radius 2 is 2.50 bits per heavy atom. The molecule has 0 aliphatic heterocycles. The van der Waals surface area contributed by atoms with Crippen molar-refractivity contribution in [1.29, 1.82) is 0 Å². The zero-order chi connectivity index (χ0) is 11.2. The molecule has 0 fully saturated rings. The highest BCUT2D eigenvalue weighted by atomic mass is 79.9. The number of hydrogen-bond acceptors (Lipinski definition) is 1. The molecule has 2 rings (SSSR count). The average molecular weight is 232 g/mol. The summed E-state index contributed by atoms with van der Waals surface area (Å²) in [7, 11) is 0. The molecule has 2 aromatic rings. The van der Waals surface area contributed by atoms with Crippen LogP contribution < -0.4 is 0 Å². The molecule has 0 saturated heterocycles. The standard InChI is InChI=1S/C8H6BrFN2/c1-12-7-3-2-6(9)8(10)5(7)4-11-12/h2-4H,1H3/i1D3. The van der Waals surface area contributed by atoms with Gasteiger partial charge in [-0.25, -0.2) is 4.39 Å². The molecule has 1 aromatic heterocycles. The lowest BCUT2D eigenvalue weighted by Crippen LogP contribution is -1.88. The first-order valence-electron chi connectivity index (χ1n) is 4.73. The lowest BCUT2D eigenvalue weighted by atomic mass is 10.2. The van der Waals surface area contributed by atoms with E-state index in [0.717, 1.165) is 4.68 Å². The predicted molar refractivity (Wildman–Crippen MR) is 48.4 cm³/mol. The molecule has 0 aliphatic rings. The Labute approximate surface area is 81.3 Å². The second-order valence-corrected chi connectivity index (χ2v) is 3.20. The van der Waals surface area contributed by atoms with Crippen molar-refractivity contribution < 1.29 is 8.50 Å². The van der Waals surface area contributed by atoms with Crippen molar-refractivity contribution in [2.45, 2.75) is 0 Å². The number of aromatic nitrogens is 2. The maximum atomic E-state index is 13.5. The highest BCUT2D eigenvalue weighted by Crippen LogP contribution is 2.23. The van der Waals surface area contributed by atoms with Gasteiger partial charge in [0.1, 0.15) is 5.82 Å². The minimum atomic E-state index is -2.39. The van der Waals surface area contributed by atoms with Crippen molar-refractivity contribution in [3.05, 3.63) is 28.6 Å². The summed E-state index contributed by atoms with van der Waals surface area (Å²) in [5.74, 6) is -0.497. The highest BCUT2D eigenvalue weighted by molar-refractivity contribution is 9.10. The molecule has 0 amide bonds. The fourth-order valence-corrected chi connectivity index (χ4v) is 1.39. The molecule has 62 valence electrons. The maximum absolute atomic E-state index is 13.5. The molecule has 1 heterocycles. The Hall–Kier alpha value is -0.900. The molecule has 1 aromatic carbocycles. The zero-order valence-corrected chi connectivity index (χ0v) is 7.47. The Morgan fingerprint density at radius 3 is 3.25 bits per heavy atom. The van der Waals surface area contributed by atoms with Gasteiger partial charge in [0.25, 0.3) is 0 Å². The molecule has 0 atom stereocenters. The Bertz CT molecular complexity index is 520. The molecule has 2 nitrogen and oxygen atoms in total. The Kier molecular flexibility index (Phi) is 1.06. The van der Waals surface area contributed by atoms with Crippen molar-refractivity contribution in [1.82, 2.24) is 9.78 Å². The van der Waals surface area contributed by atoms with E-state index in [1.54, 1.807) is 0 Å². The van der Waals surface area contributed by atoms with Gasteiger partial charge in [-0.05, 0) is 28.1 Å². The first-order valence-corrected chi connectivity index (χ1v) is 4.03. The largest absolute Gasteiger partial charge is 0.268 e. The third-order valence-electron chi connectivity index (χ3n) is 1.64. The molecule has 0 unspecified atom stereocenters. The summed E-state index contributed by atoms with van der Waals surface area (Å²) in [6, 6.07) is 2.98. The molecular weight excluding hydrogens is 223 g/mol. The van der Waals surface area contributed by atoms with Crippen LogP contribution in [0, 0.1) is 5.82 Å². The van der Waals surface area contributed by atoms with E-state index in [0.29, 0.717) is 4.47 Å². The summed E-state index contributed by atoms with van der Waals surface area (Å²) in [4.78, 5) is 0. The Morgan fingerprint density at radius 1 is 1.67 bits per heavy atom. The van der Waals surface area contributed by atoms with Crippen LogP contribution in [0.1, 0.15) is 4.11 Å². The second-order valence-electron chi connectivity index (χ2n) is 2.35. The van der Waals surface area contributed by atoms with Gasteiger partial charge in [0.2, 0.25) is 0 Å². The monoisotopic (exact) mass is 231 g/mol. The predicted octanol–water partition coefficient (Wildman–Crippen LogP) is 2.47. The van der Waals surface area contributed by atoms with Gasteiger partial charge in [-0.1, -0.05) is 0 Å². The summed E-state index contributed by atoms with van der Waals surface area (Å²) in [6.07, 6.45) is 1.21. The molecule has 0 saturated carbocycles. The van der Waals surface area contributed by atoms with E-state index in [2.05, 4.69) is 21.0 Å². The molecule has 4 heteroatoms. The average Bonchev–Trinajstić information content (AvgIpc) is 2.54. The molecule has 0 bridgehead atoms. The van der Waals surface area contributed by atoms with Crippen LogP contribution >= 0.6 is 15.9 Å². The highest BCUT2D eigenvalue weighted by Gasteiger charge is 2.07. The van der Waals surface area contributed by atoms with E-state index >= 15 is 0 Å². The van der Waals surface area contributed by atoms with Gasteiger partial charge in [-0.15, -0.1) is 0 Å². The van der Waals surface area contributed by atoms with E-state index in [1.165, 1.54) is 18.3 Å².